The van der Waals surface area contributed by atoms with Crippen LogP contribution < -0.4 is 9.47 Å². The normalized spacial score (nSPS) is 16.0. The van der Waals surface area contributed by atoms with E-state index >= 15 is 0 Å². The van der Waals surface area contributed by atoms with Gasteiger partial charge in [-0.1, -0.05) is 36.4 Å². The lowest BCUT2D eigenvalue weighted by atomic mass is 10.2. The maximum absolute atomic E-state index is 12.8. The predicted molar refractivity (Wildman–Crippen MR) is 106 cm³/mol. The van der Waals surface area contributed by atoms with Crippen molar-refractivity contribution in [3.8, 4) is 11.5 Å². The van der Waals surface area contributed by atoms with Crippen molar-refractivity contribution in [3.63, 3.8) is 0 Å². The second-order valence-electron chi connectivity index (χ2n) is 7.00. The highest BCUT2D eigenvalue weighted by atomic mass is 16.5. The Labute approximate surface area is 161 Å². The summed E-state index contributed by atoms with van der Waals surface area (Å²) in [7, 11) is 1.61. The van der Waals surface area contributed by atoms with Crippen molar-refractivity contribution in [3.05, 3.63) is 59.7 Å². The summed E-state index contributed by atoms with van der Waals surface area (Å²) in [4.78, 5) is 17.1. The molecule has 0 aromatic heterocycles. The number of hydrogen-bond acceptors (Lipinski definition) is 4. The van der Waals surface area contributed by atoms with Crippen LogP contribution in [-0.4, -0.2) is 55.1 Å². The average Bonchev–Trinajstić information content (AvgIpc) is 2.70. The number of carbonyl (C=O) groups excluding carboxylic acids is 1. The monoisotopic (exact) mass is 368 g/mol. The van der Waals surface area contributed by atoms with E-state index in [9.17, 15) is 4.79 Å². The maximum Gasteiger partial charge on any atom is 0.263 e. The molecule has 0 saturated carbocycles. The van der Waals surface area contributed by atoms with Gasteiger partial charge in [0.1, 0.15) is 0 Å². The first-order chi connectivity index (χ1) is 13.1. The van der Waals surface area contributed by atoms with Gasteiger partial charge in [-0.05, 0) is 37.1 Å². The molecule has 1 atom stereocenters. The number of nitrogens with zero attached hydrogens (tertiary/aromatic N) is 2. The SMILES string of the molecule is COc1cc(C)ccc1O[C@H](C)C(=O)N1CCN(Cc2ccccc2)CC1. The van der Waals surface area contributed by atoms with Crippen LogP contribution in [0.4, 0.5) is 0 Å². The zero-order valence-electron chi connectivity index (χ0n) is 16.4. The van der Waals surface area contributed by atoms with E-state index in [0.29, 0.717) is 11.5 Å². The van der Waals surface area contributed by atoms with Crippen molar-refractivity contribution >= 4 is 5.91 Å². The molecule has 0 spiro atoms. The topological polar surface area (TPSA) is 42.0 Å². The molecule has 1 heterocycles. The lowest BCUT2D eigenvalue weighted by Crippen LogP contribution is -2.51. The van der Waals surface area contributed by atoms with Gasteiger partial charge in [0.2, 0.25) is 0 Å². The van der Waals surface area contributed by atoms with E-state index in [1.54, 1.807) is 14.0 Å². The van der Waals surface area contributed by atoms with Crippen LogP contribution in [0.15, 0.2) is 48.5 Å². The summed E-state index contributed by atoms with van der Waals surface area (Å²) in [5.74, 6) is 1.28. The Balaban J connectivity index is 1.53. The summed E-state index contributed by atoms with van der Waals surface area (Å²) in [6.45, 7) is 7.93. The molecular formula is C22H28N2O3. The van der Waals surface area contributed by atoms with E-state index < -0.39 is 6.10 Å². The van der Waals surface area contributed by atoms with Crippen molar-refractivity contribution in [2.45, 2.75) is 26.5 Å². The van der Waals surface area contributed by atoms with E-state index in [2.05, 4.69) is 29.2 Å². The molecule has 1 saturated heterocycles. The summed E-state index contributed by atoms with van der Waals surface area (Å²) in [6.07, 6.45) is -0.540. The third-order valence-electron chi connectivity index (χ3n) is 4.90. The number of ether oxygens (including phenoxy) is 2. The molecule has 144 valence electrons. The molecule has 2 aromatic carbocycles. The van der Waals surface area contributed by atoms with Crippen LogP contribution in [-0.2, 0) is 11.3 Å². The van der Waals surface area contributed by atoms with E-state index in [0.717, 1.165) is 38.3 Å². The fourth-order valence-corrected chi connectivity index (χ4v) is 3.34. The highest BCUT2D eigenvalue weighted by molar-refractivity contribution is 5.81. The number of amides is 1. The van der Waals surface area contributed by atoms with Gasteiger partial charge in [-0.3, -0.25) is 9.69 Å². The van der Waals surface area contributed by atoms with Crippen LogP contribution in [0.3, 0.4) is 0 Å². The van der Waals surface area contributed by atoms with Crippen molar-refractivity contribution < 1.29 is 14.3 Å². The number of aryl methyl sites for hydroxylation is 1. The highest BCUT2D eigenvalue weighted by Gasteiger charge is 2.26. The Morgan fingerprint density at radius 2 is 1.74 bits per heavy atom. The first-order valence-electron chi connectivity index (χ1n) is 9.43. The molecule has 3 rings (SSSR count). The number of methoxy groups -OCH3 is 1. The summed E-state index contributed by atoms with van der Waals surface area (Å²) < 4.78 is 11.3. The number of piperazine rings is 1. The standard InChI is InChI=1S/C22H28N2O3/c1-17-9-10-20(21(15-17)26-3)27-18(2)22(25)24-13-11-23(12-14-24)16-19-7-5-4-6-8-19/h4-10,15,18H,11-14,16H2,1-3H3/t18-/m1/s1. The Morgan fingerprint density at radius 3 is 2.41 bits per heavy atom. The largest absolute Gasteiger partial charge is 0.493 e. The molecule has 0 aliphatic carbocycles. The third kappa shape index (κ3) is 5.01. The van der Waals surface area contributed by atoms with Crippen LogP contribution in [0.5, 0.6) is 11.5 Å². The Morgan fingerprint density at radius 1 is 1.04 bits per heavy atom. The first-order valence-corrected chi connectivity index (χ1v) is 9.43. The Hall–Kier alpha value is -2.53. The highest BCUT2D eigenvalue weighted by Crippen LogP contribution is 2.29. The first kappa shape index (κ1) is 19.2. The van der Waals surface area contributed by atoms with E-state index in [1.807, 2.05) is 36.1 Å². The number of rotatable bonds is 6. The van der Waals surface area contributed by atoms with Gasteiger partial charge in [0.15, 0.2) is 17.6 Å². The Bertz CT molecular complexity index is 755. The molecule has 27 heavy (non-hydrogen) atoms. The molecule has 1 aliphatic rings. The zero-order chi connectivity index (χ0) is 19.2. The van der Waals surface area contributed by atoms with Crippen LogP contribution in [0.1, 0.15) is 18.1 Å². The molecule has 5 nitrogen and oxygen atoms in total. The van der Waals surface area contributed by atoms with Crippen LogP contribution in [0.25, 0.3) is 0 Å². The van der Waals surface area contributed by atoms with Crippen LogP contribution in [0, 0.1) is 6.92 Å². The van der Waals surface area contributed by atoms with Crippen molar-refractivity contribution in [1.82, 2.24) is 9.80 Å². The van der Waals surface area contributed by atoms with Gasteiger partial charge in [-0.15, -0.1) is 0 Å². The summed E-state index contributed by atoms with van der Waals surface area (Å²) in [5.41, 5.74) is 2.40. The molecule has 5 heteroatoms. The molecular weight excluding hydrogens is 340 g/mol. The molecule has 1 aliphatic heterocycles. The minimum atomic E-state index is -0.540. The molecule has 1 amide bonds. The smallest absolute Gasteiger partial charge is 0.263 e. The van der Waals surface area contributed by atoms with Crippen molar-refractivity contribution in [2.24, 2.45) is 0 Å². The number of benzene rings is 2. The fourth-order valence-electron chi connectivity index (χ4n) is 3.34. The van der Waals surface area contributed by atoms with E-state index in [4.69, 9.17) is 9.47 Å². The van der Waals surface area contributed by atoms with E-state index in [1.165, 1.54) is 5.56 Å². The predicted octanol–water partition coefficient (Wildman–Crippen LogP) is 3.12. The number of carbonyl (C=O) groups is 1. The van der Waals surface area contributed by atoms with Gasteiger partial charge in [-0.25, -0.2) is 0 Å². The van der Waals surface area contributed by atoms with Gasteiger partial charge >= 0.3 is 0 Å². The molecule has 0 unspecified atom stereocenters. The lowest BCUT2D eigenvalue weighted by molar-refractivity contribution is -0.139. The van der Waals surface area contributed by atoms with Gasteiger partial charge in [-0.2, -0.15) is 0 Å². The second kappa shape index (κ2) is 8.91. The average molecular weight is 368 g/mol. The zero-order valence-corrected chi connectivity index (χ0v) is 16.4. The number of hydrogen-bond donors (Lipinski definition) is 0. The lowest BCUT2D eigenvalue weighted by Gasteiger charge is -2.36. The summed E-state index contributed by atoms with van der Waals surface area (Å²) in [5, 5.41) is 0. The maximum atomic E-state index is 12.8. The summed E-state index contributed by atoms with van der Waals surface area (Å²) >= 11 is 0. The van der Waals surface area contributed by atoms with Gasteiger partial charge < -0.3 is 14.4 Å². The fraction of sp³-hybridized carbons (Fsp3) is 0.409. The quantitative estimate of drug-likeness (QED) is 0.786. The molecule has 2 aromatic rings. The van der Waals surface area contributed by atoms with Crippen LogP contribution >= 0.6 is 0 Å². The van der Waals surface area contributed by atoms with Gasteiger partial charge in [0, 0.05) is 32.7 Å². The Kier molecular flexibility index (Phi) is 6.35. The van der Waals surface area contributed by atoms with Crippen LogP contribution in [0.2, 0.25) is 0 Å². The van der Waals surface area contributed by atoms with Gasteiger partial charge in [0.25, 0.3) is 5.91 Å². The van der Waals surface area contributed by atoms with E-state index in [-0.39, 0.29) is 5.91 Å². The third-order valence-corrected chi connectivity index (χ3v) is 4.90. The molecule has 0 radical (unpaired) electrons. The minimum Gasteiger partial charge on any atom is -0.493 e. The minimum absolute atomic E-state index is 0.0250. The second-order valence-corrected chi connectivity index (χ2v) is 7.00. The molecule has 0 N–H and O–H groups in total. The van der Waals surface area contributed by atoms with Gasteiger partial charge in [0.05, 0.1) is 7.11 Å². The van der Waals surface area contributed by atoms with Crippen molar-refractivity contribution in [2.75, 3.05) is 33.3 Å². The summed E-state index contributed by atoms with van der Waals surface area (Å²) in [6, 6.07) is 16.2. The molecule has 1 fully saturated rings. The van der Waals surface area contributed by atoms with Crippen molar-refractivity contribution in [1.29, 1.82) is 0 Å². The molecule has 0 bridgehead atoms.